The first-order valence-electron chi connectivity index (χ1n) is 5.09. The Hall–Kier alpha value is -0.890. The van der Waals surface area contributed by atoms with Crippen LogP contribution in [-0.2, 0) is 12.8 Å². The van der Waals surface area contributed by atoms with Gasteiger partial charge in [0, 0.05) is 6.61 Å². The summed E-state index contributed by atoms with van der Waals surface area (Å²) in [7, 11) is 0. The Bertz CT molecular complexity index is 335. The van der Waals surface area contributed by atoms with Gasteiger partial charge in [0.15, 0.2) is 0 Å². The van der Waals surface area contributed by atoms with Gasteiger partial charge < -0.3 is 5.11 Å². The lowest BCUT2D eigenvalue weighted by Gasteiger charge is -2.15. The Morgan fingerprint density at radius 3 is 2.86 bits per heavy atom. The molecule has 1 N–H and O–H groups in total. The zero-order valence-electron chi connectivity index (χ0n) is 8.33. The van der Waals surface area contributed by atoms with Gasteiger partial charge in [-0.3, -0.25) is 0 Å². The number of halogens is 1. The number of benzene rings is 1. The summed E-state index contributed by atoms with van der Waals surface area (Å²) in [6, 6.07) is 5.01. The second-order valence-corrected chi connectivity index (χ2v) is 4.24. The summed E-state index contributed by atoms with van der Waals surface area (Å²) in [6.45, 7) is 2.27. The summed E-state index contributed by atoms with van der Waals surface area (Å²) >= 11 is 0. The standard InChI is InChI=1S/C12H15FO/c1-8(7-14)10-4-9-2-3-12(13)6-11(9)5-10/h2-3,6,8,10,14H,4-5,7H2,1H3. The van der Waals surface area contributed by atoms with E-state index in [4.69, 9.17) is 5.11 Å². The third kappa shape index (κ3) is 1.67. The molecular weight excluding hydrogens is 179 g/mol. The maximum absolute atomic E-state index is 12.9. The van der Waals surface area contributed by atoms with Crippen molar-refractivity contribution in [3.05, 3.63) is 35.1 Å². The Morgan fingerprint density at radius 2 is 2.14 bits per heavy atom. The van der Waals surface area contributed by atoms with Gasteiger partial charge in [-0.25, -0.2) is 4.39 Å². The minimum atomic E-state index is -0.152. The van der Waals surface area contributed by atoms with Crippen LogP contribution in [0.2, 0.25) is 0 Å². The molecule has 0 fully saturated rings. The van der Waals surface area contributed by atoms with Crippen LogP contribution in [0.15, 0.2) is 18.2 Å². The summed E-state index contributed by atoms with van der Waals surface area (Å²) in [5.74, 6) is 0.642. The minimum absolute atomic E-state index is 0.152. The third-order valence-corrected chi connectivity index (χ3v) is 3.23. The molecule has 2 heteroatoms. The predicted molar refractivity (Wildman–Crippen MR) is 53.5 cm³/mol. The van der Waals surface area contributed by atoms with E-state index in [-0.39, 0.29) is 12.4 Å². The van der Waals surface area contributed by atoms with Crippen molar-refractivity contribution in [2.75, 3.05) is 6.61 Å². The van der Waals surface area contributed by atoms with Gasteiger partial charge in [-0.1, -0.05) is 13.0 Å². The lowest BCUT2D eigenvalue weighted by molar-refractivity contribution is 0.192. The van der Waals surface area contributed by atoms with Crippen LogP contribution >= 0.6 is 0 Å². The number of rotatable bonds is 2. The third-order valence-electron chi connectivity index (χ3n) is 3.23. The van der Waals surface area contributed by atoms with Crippen LogP contribution in [0.5, 0.6) is 0 Å². The highest BCUT2D eigenvalue weighted by atomic mass is 19.1. The van der Waals surface area contributed by atoms with Crippen LogP contribution in [0, 0.1) is 17.7 Å². The summed E-state index contributed by atoms with van der Waals surface area (Å²) < 4.78 is 12.9. The lowest BCUT2D eigenvalue weighted by atomic mass is 9.92. The molecule has 0 heterocycles. The van der Waals surface area contributed by atoms with Crippen molar-refractivity contribution in [1.29, 1.82) is 0 Å². The molecule has 1 aromatic carbocycles. The molecule has 1 aliphatic carbocycles. The smallest absolute Gasteiger partial charge is 0.123 e. The molecule has 2 unspecified atom stereocenters. The van der Waals surface area contributed by atoms with Gasteiger partial charge in [0.2, 0.25) is 0 Å². The normalized spacial score (nSPS) is 22.1. The monoisotopic (exact) mass is 194 g/mol. The lowest BCUT2D eigenvalue weighted by Crippen LogP contribution is -2.15. The fourth-order valence-electron chi connectivity index (χ4n) is 2.17. The maximum atomic E-state index is 12.9. The van der Waals surface area contributed by atoms with E-state index in [1.165, 1.54) is 11.6 Å². The van der Waals surface area contributed by atoms with Gasteiger partial charge in [0.05, 0.1) is 0 Å². The van der Waals surface area contributed by atoms with Crippen LogP contribution in [0.25, 0.3) is 0 Å². The second-order valence-electron chi connectivity index (χ2n) is 4.24. The number of fused-ring (bicyclic) bond motifs is 1. The van der Waals surface area contributed by atoms with E-state index in [2.05, 4.69) is 0 Å². The molecule has 0 bridgehead atoms. The van der Waals surface area contributed by atoms with Crippen molar-refractivity contribution < 1.29 is 9.50 Å². The maximum Gasteiger partial charge on any atom is 0.123 e. The SMILES string of the molecule is CC(CO)C1Cc2ccc(F)cc2C1. The first kappa shape index (κ1) is 9.66. The molecule has 14 heavy (non-hydrogen) atoms. The molecule has 0 aliphatic heterocycles. The molecule has 1 aromatic rings. The van der Waals surface area contributed by atoms with Gasteiger partial charge in [0.1, 0.15) is 5.82 Å². The Balaban J connectivity index is 2.17. The van der Waals surface area contributed by atoms with E-state index in [0.717, 1.165) is 18.4 Å². The van der Waals surface area contributed by atoms with E-state index >= 15 is 0 Å². The largest absolute Gasteiger partial charge is 0.396 e. The summed E-state index contributed by atoms with van der Waals surface area (Å²) in [5, 5.41) is 9.05. The van der Waals surface area contributed by atoms with Gasteiger partial charge >= 0.3 is 0 Å². The Morgan fingerprint density at radius 1 is 1.43 bits per heavy atom. The minimum Gasteiger partial charge on any atom is -0.396 e. The summed E-state index contributed by atoms with van der Waals surface area (Å²) in [6.07, 6.45) is 1.90. The Labute approximate surface area is 83.6 Å². The molecule has 1 nitrogen and oxygen atoms in total. The van der Waals surface area contributed by atoms with Crippen LogP contribution in [0.3, 0.4) is 0 Å². The van der Waals surface area contributed by atoms with Crippen LogP contribution in [-0.4, -0.2) is 11.7 Å². The molecule has 0 spiro atoms. The quantitative estimate of drug-likeness (QED) is 0.765. The van der Waals surface area contributed by atoms with Crippen molar-refractivity contribution >= 4 is 0 Å². The molecule has 1 aliphatic rings. The number of hydrogen-bond acceptors (Lipinski definition) is 1. The first-order valence-corrected chi connectivity index (χ1v) is 5.09. The van der Waals surface area contributed by atoms with E-state index in [9.17, 15) is 4.39 Å². The highest BCUT2D eigenvalue weighted by Crippen LogP contribution is 2.31. The molecule has 2 rings (SSSR count). The average molecular weight is 194 g/mol. The van der Waals surface area contributed by atoms with Gasteiger partial charge in [-0.05, 0) is 47.9 Å². The van der Waals surface area contributed by atoms with Crippen molar-refractivity contribution in [1.82, 2.24) is 0 Å². The van der Waals surface area contributed by atoms with Crippen molar-refractivity contribution in [3.63, 3.8) is 0 Å². The fraction of sp³-hybridized carbons (Fsp3) is 0.500. The van der Waals surface area contributed by atoms with E-state index in [0.29, 0.717) is 11.8 Å². The molecule has 2 atom stereocenters. The van der Waals surface area contributed by atoms with Gasteiger partial charge in [0.25, 0.3) is 0 Å². The van der Waals surface area contributed by atoms with E-state index < -0.39 is 0 Å². The van der Waals surface area contributed by atoms with Crippen molar-refractivity contribution in [3.8, 4) is 0 Å². The number of aliphatic hydroxyl groups is 1. The molecule has 0 aromatic heterocycles. The molecular formula is C12H15FO. The zero-order valence-corrected chi connectivity index (χ0v) is 8.33. The number of aliphatic hydroxyl groups excluding tert-OH is 1. The fourth-order valence-corrected chi connectivity index (χ4v) is 2.17. The van der Waals surface area contributed by atoms with E-state index in [1.807, 2.05) is 13.0 Å². The summed E-state index contributed by atoms with van der Waals surface area (Å²) in [5.41, 5.74) is 2.37. The predicted octanol–water partition coefficient (Wildman–Crippen LogP) is 2.17. The van der Waals surface area contributed by atoms with Crippen LogP contribution in [0.1, 0.15) is 18.1 Å². The van der Waals surface area contributed by atoms with Crippen LogP contribution in [0.4, 0.5) is 4.39 Å². The Kier molecular flexibility index (Phi) is 2.55. The average Bonchev–Trinajstić information content (AvgIpc) is 2.59. The zero-order chi connectivity index (χ0) is 10.1. The van der Waals surface area contributed by atoms with Crippen molar-refractivity contribution in [2.45, 2.75) is 19.8 Å². The highest BCUT2D eigenvalue weighted by Gasteiger charge is 2.25. The molecule has 0 amide bonds. The van der Waals surface area contributed by atoms with E-state index in [1.54, 1.807) is 6.07 Å². The summed E-state index contributed by atoms with van der Waals surface area (Å²) in [4.78, 5) is 0. The van der Waals surface area contributed by atoms with Crippen LogP contribution < -0.4 is 0 Å². The molecule has 0 radical (unpaired) electrons. The topological polar surface area (TPSA) is 20.2 Å². The van der Waals surface area contributed by atoms with Crippen molar-refractivity contribution in [2.24, 2.45) is 11.8 Å². The highest BCUT2D eigenvalue weighted by molar-refractivity contribution is 5.32. The first-order chi connectivity index (χ1) is 6.70. The van der Waals surface area contributed by atoms with Gasteiger partial charge in [-0.15, -0.1) is 0 Å². The van der Waals surface area contributed by atoms with Gasteiger partial charge in [-0.2, -0.15) is 0 Å². The second kappa shape index (κ2) is 3.70. The molecule has 0 saturated carbocycles. The molecule has 76 valence electrons. The number of hydrogen-bond donors (Lipinski definition) is 1. The molecule has 0 saturated heterocycles.